The van der Waals surface area contributed by atoms with Gasteiger partial charge in [0.05, 0.1) is 0 Å². The number of hydrogen-bond donors (Lipinski definition) is 0. The van der Waals surface area contributed by atoms with Crippen molar-refractivity contribution >= 4 is 0 Å². The summed E-state index contributed by atoms with van der Waals surface area (Å²) < 4.78 is 12.2. The molecule has 2 aromatic carbocycles. The molecule has 3 rings (SSSR count). The molecule has 0 amide bonds. The lowest BCUT2D eigenvalue weighted by molar-refractivity contribution is -0.147. The molecule has 1 unspecified atom stereocenters. The number of rotatable bonds is 2. The Morgan fingerprint density at radius 1 is 0.684 bits per heavy atom. The van der Waals surface area contributed by atoms with Crippen molar-refractivity contribution in [2.24, 2.45) is 0 Å². The Labute approximate surface area is 114 Å². The summed E-state index contributed by atoms with van der Waals surface area (Å²) in [6.45, 7) is 3.93. The van der Waals surface area contributed by atoms with Crippen LogP contribution >= 0.6 is 0 Å². The normalized spacial score (nSPS) is 25.4. The Kier molecular flexibility index (Phi) is 3.13. The molecule has 0 spiro atoms. The SMILES string of the molecule is CC1(C)OC(c2ccccc2)[C@H](c2ccccc2)O1. The average Bonchev–Trinajstić information content (AvgIpc) is 2.77. The minimum atomic E-state index is -0.555. The molecule has 2 atom stereocenters. The summed E-state index contributed by atoms with van der Waals surface area (Å²) in [5.74, 6) is -0.555. The molecule has 0 aromatic heterocycles. The van der Waals surface area contributed by atoms with Gasteiger partial charge in [-0.25, -0.2) is 0 Å². The van der Waals surface area contributed by atoms with Crippen LogP contribution in [-0.2, 0) is 9.47 Å². The fraction of sp³-hybridized carbons (Fsp3) is 0.294. The third-order valence-electron chi connectivity index (χ3n) is 3.35. The van der Waals surface area contributed by atoms with Crippen molar-refractivity contribution in [2.75, 3.05) is 0 Å². The summed E-state index contributed by atoms with van der Waals surface area (Å²) in [7, 11) is 0. The molecule has 2 nitrogen and oxygen atoms in total. The summed E-state index contributed by atoms with van der Waals surface area (Å²) in [5.41, 5.74) is 2.31. The molecule has 1 saturated heterocycles. The predicted octanol–water partition coefficient (Wildman–Crippen LogP) is 4.25. The van der Waals surface area contributed by atoms with Gasteiger partial charge in [0, 0.05) is 0 Å². The first-order valence-corrected chi connectivity index (χ1v) is 6.61. The van der Waals surface area contributed by atoms with Crippen LogP contribution in [0.25, 0.3) is 0 Å². The molecule has 0 radical (unpaired) electrons. The highest BCUT2D eigenvalue weighted by molar-refractivity contribution is 5.26. The van der Waals surface area contributed by atoms with E-state index < -0.39 is 5.79 Å². The van der Waals surface area contributed by atoms with Crippen LogP contribution in [0.5, 0.6) is 0 Å². The molecule has 0 saturated carbocycles. The zero-order valence-electron chi connectivity index (χ0n) is 11.2. The van der Waals surface area contributed by atoms with Crippen LogP contribution in [0.2, 0.25) is 0 Å². The van der Waals surface area contributed by atoms with Crippen molar-refractivity contribution < 1.29 is 9.47 Å². The molecule has 1 heterocycles. The first-order valence-electron chi connectivity index (χ1n) is 6.61. The van der Waals surface area contributed by atoms with E-state index >= 15 is 0 Å². The van der Waals surface area contributed by atoms with Crippen molar-refractivity contribution in [1.29, 1.82) is 0 Å². The van der Waals surface area contributed by atoms with Crippen molar-refractivity contribution in [3.63, 3.8) is 0 Å². The molecule has 98 valence electrons. The third-order valence-corrected chi connectivity index (χ3v) is 3.35. The van der Waals surface area contributed by atoms with E-state index in [4.69, 9.17) is 9.47 Å². The van der Waals surface area contributed by atoms with Gasteiger partial charge in [0.2, 0.25) is 0 Å². The quantitative estimate of drug-likeness (QED) is 0.797. The summed E-state index contributed by atoms with van der Waals surface area (Å²) in [4.78, 5) is 0. The van der Waals surface area contributed by atoms with Crippen LogP contribution < -0.4 is 0 Å². The van der Waals surface area contributed by atoms with E-state index in [-0.39, 0.29) is 12.2 Å². The average molecular weight is 254 g/mol. The van der Waals surface area contributed by atoms with Crippen molar-refractivity contribution in [3.05, 3.63) is 71.8 Å². The fourth-order valence-corrected chi connectivity index (χ4v) is 2.53. The maximum Gasteiger partial charge on any atom is 0.164 e. The van der Waals surface area contributed by atoms with Crippen molar-refractivity contribution in [2.45, 2.75) is 31.8 Å². The molecule has 0 aliphatic carbocycles. The monoisotopic (exact) mass is 254 g/mol. The Morgan fingerprint density at radius 3 is 1.42 bits per heavy atom. The Balaban J connectivity index is 1.97. The summed E-state index contributed by atoms with van der Waals surface area (Å²) in [6, 6.07) is 20.5. The number of hydrogen-bond acceptors (Lipinski definition) is 2. The lowest BCUT2D eigenvalue weighted by Gasteiger charge is -2.17. The highest BCUT2D eigenvalue weighted by atomic mass is 16.7. The van der Waals surface area contributed by atoms with Gasteiger partial charge >= 0.3 is 0 Å². The van der Waals surface area contributed by atoms with E-state index in [1.165, 1.54) is 0 Å². The molecule has 1 aliphatic rings. The topological polar surface area (TPSA) is 18.5 Å². The lowest BCUT2D eigenvalue weighted by Crippen LogP contribution is -2.20. The summed E-state index contributed by atoms with van der Waals surface area (Å²) in [5, 5.41) is 0. The van der Waals surface area contributed by atoms with Crippen LogP contribution in [0.1, 0.15) is 37.2 Å². The van der Waals surface area contributed by atoms with Crippen LogP contribution in [0, 0.1) is 0 Å². The Hall–Kier alpha value is -1.64. The third kappa shape index (κ3) is 2.55. The first-order chi connectivity index (χ1) is 9.16. The van der Waals surface area contributed by atoms with Gasteiger partial charge in [-0.1, -0.05) is 60.7 Å². The molecule has 0 N–H and O–H groups in total. The number of ether oxygens (including phenoxy) is 2. The van der Waals surface area contributed by atoms with Gasteiger partial charge < -0.3 is 9.47 Å². The zero-order chi connectivity index (χ0) is 13.3. The molecule has 1 fully saturated rings. The first kappa shape index (κ1) is 12.4. The van der Waals surface area contributed by atoms with E-state index in [2.05, 4.69) is 24.3 Å². The van der Waals surface area contributed by atoms with Gasteiger partial charge in [-0.15, -0.1) is 0 Å². The van der Waals surface area contributed by atoms with Crippen LogP contribution in [0.15, 0.2) is 60.7 Å². The van der Waals surface area contributed by atoms with E-state index in [9.17, 15) is 0 Å². The second-order valence-electron chi connectivity index (χ2n) is 5.30. The summed E-state index contributed by atoms with van der Waals surface area (Å²) >= 11 is 0. The van der Waals surface area contributed by atoms with E-state index in [1.54, 1.807) is 0 Å². The van der Waals surface area contributed by atoms with E-state index in [1.807, 2.05) is 50.2 Å². The largest absolute Gasteiger partial charge is 0.339 e. The van der Waals surface area contributed by atoms with Gasteiger partial charge in [0.1, 0.15) is 12.2 Å². The minimum Gasteiger partial charge on any atom is -0.339 e. The van der Waals surface area contributed by atoms with E-state index in [0.717, 1.165) is 11.1 Å². The van der Waals surface area contributed by atoms with Crippen molar-refractivity contribution in [3.8, 4) is 0 Å². The van der Waals surface area contributed by atoms with Crippen LogP contribution in [0.3, 0.4) is 0 Å². The van der Waals surface area contributed by atoms with E-state index in [0.29, 0.717) is 0 Å². The molecular weight excluding hydrogens is 236 g/mol. The smallest absolute Gasteiger partial charge is 0.164 e. The lowest BCUT2D eigenvalue weighted by atomic mass is 9.99. The van der Waals surface area contributed by atoms with Crippen LogP contribution in [0.4, 0.5) is 0 Å². The molecule has 0 bridgehead atoms. The maximum absolute atomic E-state index is 6.08. The maximum atomic E-state index is 6.08. The Morgan fingerprint density at radius 2 is 1.05 bits per heavy atom. The summed E-state index contributed by atoms with van der Waals surface area (Å²) in [6.07, 6.45) is -0.114. The zero-order valence-corrected chi connectivity index (χ0v) is 11.2. The van der Waals surface area contributed by atoms with Gasteiger partial charge in [0.15, 0.2) is 5.79 Å². The van der Waals surface area contributed by atoms with Gasteiger partial charge in [-0.3, -0.25) is 0 Å². The fourth-order valence-electron chi connectivity index (χ4n) is 2.53. The van der Waals surface area contributed by atoms with Gasteiger partial charge in [-0.2, -0.15) is 0 Å². The van der Waals surface area contributed by atoms with Gasteiger partial charge in [-0.05, 0) is 25.0 Å². The van der Waals surface area contributed by atoms with Gasteiger partial charge in [0.25, 0.3) is 0 Å². The Bertz CT molecular complexity index is 484. The number of benzene rings is 2. The predicted molar refractivity (Wildman–Crippen MR) is 74.6 cm³/mol. The second-order valence-corrected chi connectivity index (χ2v) is 5.30. The molecule has 19 heavy (non-hydrogen) atoms. The van der Waals surface area contributed by atoms with Crippen LogP contribution in [-0.4, -0.2) is 5.79 Å². The molecule has 1 aliphatic heterocycles. The highest BCUT2D eigenvalue weighted by Crippen LogP contribution is 2.46. The highest BCUT2D eigenvalue weighted by Gasteiger charge is 2.42. The van der Waals surface area contributed by atoms with Crippen molar-refractivity contribution in [1.82, 2.24) is 0 Å². The molecule has 2 heteroatoms. The molecular formula is C17H18O2. The standard InChI is InChI=1S/C17H18O2/c1-17(2)18-15(13-9-5-3-6-10-13)16(19-17)14-11-7-4-8-12-14/h3-12,15-16H,1-2H3/t15-,16?/m0/s1. The molecule has 2 aromatic rings. The second kappa shape index (κ2) is 4.80. The minimum absolute atomic E-state index is 0.0569.